The number of aromatic nitrogens is 1. The Bertz CT molecular complexity index is 719. The number of nitrogens with zero attached hydrogens (tertiary/aromatic N) is 1. The number of rotatable bonds is 7. The van der Waals surface area contributed by atoms with Crippen LogP contribution in [0.25, 0.3) is 11.1 Å². The Morgan fingerprint density at radius 3 is 2.75 bits per heavy atom. The summed E-state index contributed by atoms with van der Waals surface area (Å²) in [4.78, 5) is 16.2. The van der Waals surface area contributed by atoms with Crippen LogP contribution in [0.3, 0.4) is 0 Å². The van der Waals surface area contributed by atoms with Crippen LogP contribution in [0.5, 0.6) is 11.5 Å². The molecule has 1 aromatic heterocycles. The number of amides is 1. The summed E-state index contributed by atoms with van der Waals surface area (Å²) in [5.41, 5.74) is 2.11. The van der Waals surface area contributed by atoms with E-state index in [1.165, 1.54) is 0 Å². The van der Waals surface area contributed by atoms with E-state index < -0.39 is 0 Å². The number of carbonyl (C=O) groups excluding carboxylic acids is 1. The number of ether oxygens (including phenoxy) is 2. The Kier molecular flexibility index (Phi) is 6.61. The van der Waals surface area contributed by atoms with Gasteiger partial charge < -0.3 is 14.8 Å². The molecule has 0 radical (unpaired) electrons. The fraction of sp³-hybridized carbons (Fsp3) is 0.333. The maximum absolute atomic E-state index is 12.1. The molecule has 0 aliphatic rings. The lowest BCUT2D eigenvalue weighted by molar-refractivity contribution is 0.0963. The van der Waals surface area contributed by atoms with Gasteiger partial charge in [-0.25, -0.2) is 0 Å². The van der Waals surface area contributed by atoms with Crippen molar-refractivity contribution >= 4 is 21.8 Å². The van der Waals surface area contributed by atoms with Gasteiger partial charge in [-0.1, -0.05) is 19.4 Å². The molecule has 0 aliphatic heterocycles. The van der Waals surface area contributed by atoms with Gasteiger partial charge in [0.25, 0.3) is 5.91 Å². The van der Waals surface area contributed by atoms with Crippen LogP contribution in [-0.2, 0) is 0 Å². The number of halogens is 1. The van der Waals surface area contributed by atoms with Gasteiger partial charge >= 0.3 is 0 Å². The van der Waals surface area contributed by atoms with Crippen LogP contribution in [-0.4, -0.2) is 31.7 Å². The first kappa shape index (κ1) is 18.3. The van der Waals surface area contributed by atoms with Gasteiger partial charge in [-0.2, -0.15) is 0 Å². The maximum Gasteiger partial charge on any atom is 0.253 e. The van der Waals surface area contributed by atoms with Gasteiger partial charge in [0.15, 0.2) is 11.5 Å². The summed E-state index contributed by atoms with van der Waals surface area (Å²) in [5, 5.41) is 2.64. The summed E-state index contributed by atoms with van der Waals surface area (Å²) in [6.45, 7) is 2.76. The third kappa shape index (κ3) is 4.06. The Morgan fingerprint density at radius 2 is 2.08 bits per heavy atom. The smallest absolute Gasteiger partial charge is 0.253 e. The monoisotopic (exact) mass is 392 g/mol. The lowest BCUT2D eigenvalue weighted by Crippen LogP contribution is -2.19. The van der Waals surface area contributed by atoms with E-state index in [0.717, 1.165) is 28.4 Å². The predicted octanol–water partition coefficient (Wildman–Crippen LogP) is 4.06. The maximum atomic E-state index is 12.1. The molecule has 5 nitrogen and oxygen atoms in total. The highest BCUT2D eigenvalue weighted by atomic mass is 79.9. The fourth-order valence-corrected chi connectivity index (χ4v) is 2.86. The van der Waals surface area contributed by atoms with E-state index in [-0.39, 0.29) is 5.91 Å². The number of pyridine rings is 1. The van der Waals surface area contributed by atoms with Gasteiger partial charge in [0, 0.05) is 29.5 Å². The summed E-state index contributed by atoms with van der Waals surface area (Å²) < 4.78 is 11.9. The van der Waals surface area contributed by atoms with E-state index in [1.807, 2.05) is 18.2 Å². The van der Waals surface area contributed by atoms with E-state index in [0.29, 0.717) is 23.7 Å². The Labute approximate surface area is 150 Å². The number of methoxy groups -OCH3 is 1. The lowest BCUT2D eigenvalue weighted by atomic mass is 10.0. The van der Waals surface area contributed by atoms with Crippen LogP contribution >= 0.6 is 15.9 Å². The molecule has 1 N–H and O–H groups in total. The number of hydrogen-bond donors (Lipinski definition) is 1. The first-order chi connectivity index (χ1) is 11.6. The molecule has 0 unspecified atom stereocenters. The van der Waals surface area contributed by atoms with Crippen molar-refractivity contribution in [3.63, 3.8) is 0 Å². The third-order valence-electron chi connectivity index (χ3n) is 3.58. The highest BCUT2D eigenvalue weighted by Gasteiger charge is 2.17. The summed E-state index contributed by atoms with van der Waals surface area (Å²) in [5.74, 6) is 1.14. The molecule has 0 aliphatic carbocycles. The Hall–Kier alpha value is -2.08. The minimum absolute atomic E-state index is 0.193. The highest BCUT2D eigenvalue weighted by Crippen LogP contribution is 2.37. The average Bonchev–Trinajstić information content (AvgIpc) is 2.61. The molecule has 24 heavy (non-hydrogen) atoms. The van der Waals surface area contributed by atoms with E-state index in [1.54, 1.807) is 26.6 Å². The molecule has 6 heteroatoms. The van der Waals surface area contributed by atoms with Crippen LogP contribution < -0.4 is 14.8 Å². The molecule has 2 aromatic rings. The molecule has 0 atom stereocenters. The first-order valence-electron chi connectivity index (χ1n) is 7.79. The normalized spacial score (nSPS) is 10.3. The molecule has 0 fully saturated rings. The standard InChI is InChI=1S/C18H21BrN2O3/c1-4-5-8-24-15-7-6-12(9-16(15)23-3)17-13(18(22)20-2)10-21-11-14(17)19/h6-7,9-11H,4-5,8H2,1-3H3,(H,20,22). The van der Waals surface area contributed by atoms with Crippen molar-refractivity contribution in [2.75, 3.05) is 20.8 Å². The van der Waals surface area contributed by atoms with Gasteiger partial charge in [0.2, 0.25) is 0 Å². The second-order valence-electron chi connectivity index (χ2n) is 5.19. The van der Waals surface area contributed by atoms with Crippen molar-refractivity contribution in [3.8, 4) is 22.6 Å². The molecule has 0 spiro atoms. The molecule has 1 aromatic carbocycles. The van der Waals surface area contributed by atoms with Gasteiger partial charge in [-0.3, -0.25) is 9.78 Å². The summed E-state index contributed by atoms with van der Waals surface area (Å²) in [6.07, 6.45) is 5.28. The van der Waals surface area contributed by atoms with Crippen molar-refractivity contribution in [2.24, 2.45) is 0 Å². The zero-order valence-electron chi connectivity index (χ0n) is 14.1. The second-order valence-corrected chi connectivity index (χ2v) is 6.04. The van der Waals surface area contributed by atoms with Crippen molar-refractivity contribution in [1.82, 2.24) is 10.3 Å². The molecule has 128 valence electrons. The molecule has 0 saturated carbocycles. The quantitative estimate of drug-likeness (QED) is 0.721. The average molecular weight is 393 g/mol. The number of hydrogen-bond acceptors (Lipinski definition) is 4. The Morgan fingerprint density at radius 1 is 1.29 bits per heavy atom. The van der Waals surface area contributed by atoms with E-state index in [2.05, 4.69) is 33.2 Å². The van der Waals surface area contributed by atoms with E-state index >= 15 is 0 Å². The van der Waals surface area contributed by atoms with Crippen LogP contribution in [0.15, 0.2) is 35.1 Å². The highest BCUT2D eigenvalue weighted by molar-refractivity contribution is 9.10. The number of unbranched alkanes of at least 4 members (excludes halogenated alkanes) is 1. The first-order valence-corrected chi connectivity index (χ1v) is 8.58. The van der Waals surface area contributed by atoms with Crippen molar-refractivity contribution in [1.29, 1.82) is 0 Å². The molecule has 2 rings (SSSR count). The predicted molar refractivity (Wildman–Crippen MR) is 97.7 cm³/mol. The van der Waals surface area contributed by atoms with Crippen LogP contribution in [0.4, 0.5) is 0 Å². The van der Waals surface area contributed by atoms with Crippen LogP contribution in [0, 0.1) is 0 Å². The van der Waals surface area contributed by atoms with E-state index in [9.17, 15) is 4.79 Å². The van der Waals surface area contributed by atoms with Gasteiger partial charge in [-0.15, -0.1) is 0 Å². The zero-order chi connectivity index (χ0) is 17.5. The number of carbonyl (C=O) groups is 1. The minimum Gasteiger partial charge on any atom is -0.493 e. The molecule has 1 heterocycles. The van der Waals surface area contributed by atoms with Crippen molar-refractivity contribution in [2.45, 2.75) is 19.8 Å². The van der Waals surface area contributed by atoms with Crippen molar-refractivity contribution < 1.29 is 14.3 Å². The second kappa shape index (κ2) is 8.68. The number of benzene rings is 1. The van der Waals surface area contributed by atoms with Crippen LogP contribution in [0.1, 0.15) is 30.1 Å². The van der Waals surface area contributed by atoms with Gasteiger partial charge in [0.1, 0.15) is 0 Å². The fourth-order valence-electron chi connectivity index (χ4n) is 2.30. The summed E-state index contributed by atoms with van der Waals surface area (Å²) in [7, 11) is 3.20. The topological polar surface area (TPSA) is 60.5 Å². The van der Waals surface area contributed by atoms with Crippen molar-refractivity contribution in [3.05, 3.63) is 40.6 Å². The summed E-state index contributed by atoms with van der Waals surface area (Å²) in [6, 6.07) is 5.65. The van der Waals surface area contributed by atoms with Gasteiger partial charge in [-0.05, 0) is 40.0 Å². The molecule has 1 amide bonds. The van der Waals surface area contributed by atoms with E-state index in [4.69, 9.17) is 9.47 Å². The molecular formula is C18H21BrN2O3. The summed E-state index contributed by atoms with van der Waals surface area (Å²) >= 11 is 3.48. The Balaban J connectivity index is 2.45. The zero-order valence-corrected chi connectivity index (χ0v) is 15.6. The van der Waals surface area contributed by atoms with Crippen LogP contribution in [0.2, 0.25) is 0 Å². The largest absolute Gasteiger partial charge is 0.493 e. The molecule has 0 bridgehead atoms. The minimum atomic E-state index is -0.193. The van der Waals surface area contributed by atoms with Gasteiger partial charge in [0.05, 0.1) is 19.3 Å². The molecular weight excluding hydrogens is 372 g/mol. The third-order valence-corrected chi connectivity index (χ3v) is 4.18. The molecule has 0 saturated heterocycles. The SMILES string of the molecule is CCCCOc1ccc(-c2c(Br)cncc2C(=O)NC)cc1OC. The lowest BCUT2D eigenvalue weighted by Gasteiger charge is -2.14. The number of nitrogens with one attached hydrogen (secondary N) is 1.